The van der Waals surface area contributed by atoms with E-state index in [2.05, 4.69) is 5.32 Å². The maximum atomic E-state index is 13.2. The summed E-state index contributed by atoms with van der Waals surface area (Å²) < 4.78 is 5.24. The van der Waals surface area contributed by atoms with Crippen molar-refractivity contribution < 1.29 is 24.2 Å². The molecular weight excluding hydrogens is 384 g/mol. The van der Waals surface area contributed by atoms with E-state index in [4.69, 9.17) is 4.74 Å². The van der Waals surface area contributed by atoms with E-state index in [9.17, 15) is 19.5 Å². The molecule has 7 nitrogen and oxygen atoms in total. The molecule has 0 spiro atoms. The number of rotatable bonds is 9. The number of hydrogen-bond acceptors (Lipinski definition) is 5. The van der Waals surface area contributed by atoms with Crippen molar-refractivity contribution in [2.75, 3.05) is 13.2 Å². The van der Waals surface area contributed by atoms with Crippen LogP contribution in [0.5, 0.6) is 0 Å². The van der Waals surface area contributed by atoms with E-state index in [0.717, 1.165) is 31.2 Å². The van der Waals surface area contributed by atoms with Gasteiger partial charge < -0.3 is 14.7 Å². The Morgan fingerprint density at radius 2 is 1.90 bits per heavy atom. The predicted molar refractivity (Wildman–Crippen MR) is 114 cm³/mol. The maximum Gasteiger partial charge on any atom is 0.326 e. The zero-order valence-corrected chi connectivity index (χ0v) is 18.0. The number of carboxylic acid groups (broad SMARTS) is 1. The van der Waals surface area contributed by atoms with Crippen molar-refractivity contribution in [2.45, 2.75) is 76.9 Å². The van der Waals surface area contributed by atoms with Crippen molar-refractivity contribution in [2.24, 2.45) is 0 Å². The van der Waals surface area contributed by atoms with Crippen LogP contribution in [-0.4, -0.2) is 59.1 Å². The Hall–Kier alpha value is -2.41. The van der Waals surface area contributed by atoms with Crippen LogP contribution in [0.15, 0.2) is 30.3 Å². The molecule has 1 heterocycles. The largest absolute Gasteiger partial charge is 0.480 e. The van der Waals surface area contributed by atoms with E-state index in [0.29, 0.717) is 25.8 Å². The molecule has 0 aromatic heterocycles. The fourth-order valence-corrected chi connectivity index (χ4v) is 3.80. The summed E-state index contributed by atoms with van der Waals surface area (Å²) >= 11 is 0. The summed E-state index contributed by atoms with van der Waals surface area (Å²) in [4.78, 5) is 38.8. The number of nitrogens with one attached hydrogen (secondary N) is 1. The first kappa shape index (κ1) is 23.9. The number of carbonyl (C=O) groups excluding carboxylic acids is 2. The minimum atomic E-state index is -1.02. The zero-order chi connectivity index (χ0) is 21.9. The average molecular weight is 419 g/mol. The molecule has 1 aliphatic rings. The normalized spacial score (nSPS) is 19.9. The summed E-state index contributed by atoms with van der Waals surface area (Å²) in [6.45, 7) is 3.97. The van der Waals surface area contributed by atoms with E-state index >= 15 is 0 Å². The smallest absolute Gasteiger partial charge is 0.326 e. The zero-order valence-electron chi connectivity index (χ0n) is 18.0. The molecule has 30 heavy (non-hydrogen) atoms. The number of esters is 1. The van der Waals surface area contributed by atoms with E-state index in [-0.39, 0.29) is 18.5 Å². The first-order chi connectivity index (χ1) is 14.4. The van der Waals surface area contributed by atoms with Crippen molar-refractivity contribution in [3.05, 3.63) is 35.9 Å². The molecule has 0 radical (unpaired) electrons. The molecule has 3 unspecified atom stereocenters. The van der Waals surface area contributed by atoms with Crippen LogP contribution in [0.3, 0.4) is 0 Å². The van der Waals surface area contributed by atoms with Crippen LogP contribution in [-0.2, 0) is 25.5 Å². The fraction of sp³-hybridized carbons (Fsp3) is 0.609. The molecule has 0 aliphatic carbocycles. The summed E-state index contributed by atoms with van der Waals surface area (Å²) in [5.41, 5.74) is 1.11. The van der Waals surface area contributed by atoms with E-state index < -0.39 is 24.1 Å². The van der Waals surface area contributed by atoms with Gasteiger partial charge in [-0.15, -0.1) is 0 Å². The summed E-state index contributed by atoms with van der Waals surface area (Å²) in [7, 11) is 0. The number of ether oxygens (including phenoxy) is 1. The number of carbonyl (C=O) groups is 3. The Kier molecular flexibility index (Phi) is 9.80. The Bertz CT molecular complexity index is 694. The minimum Gasteiger partial charge on any atom is -0.480 e. The molecule has 0 bridgehead atoms. The van der Waals surface area contributed by atoms with Crippen LogP contribution in [0.25, 0.3) is 0 Å². The lowest BCUT2D eigenvalue weighted by Gasteiger charge is -2.31. The molecule has 7 heteroatoms. The Morgan fingerprint density at radius 1 is 1.20 bits per heavy atom. The monoisotopic (exact) mass is 418 g/mol. The number of aryl methyl sites for hydroxylation is 1. The lowest BCUT2D eigenvalue weighted by molar-refractivity contribution is -0.151. The highest BCUT2D eigenvalue weighted by atomic mass is 16.5. The van der Waals surface area contributed by atoms with Gasteiger partial charge in [-0.1, -0.05) is 49.6 Å². The van der Waals surface area contributed by atoms with Crippen molar-refractivity contribution >= 4 is 17.8 Å². The summed E-state index contributed by atoms with van der Waals surface area (Å²) in [6, 6.07) is 7.73. The lowest BCUT2D eigenvalue weighted by Crippen LogP contribution is -2.55. The van der Waals surface area contributed by atoms with Crippen molar-refractivity contribution in [1.29, 1.82) is 0 Å². The number of carboxylic acids is 1. The van der Waals surface area contributed by atoms with Gasteiger partial charge in [-0.3, -0.25) is 14.9 Å². The first-order valence-electron chi connectivity index (χ1n) is 10.9. The quantitative estimate of drug-likeness (QED) is 0.599. The van der Waals surface area contributed by atoms with Crippen LogP contribution in [0.1, 0.15) is 57.9 Å². The van der Waals surface area contributed by atoms with Gasteiger partial charge >= 0.3 is 11.9 Å². The third-order valence-corrected chi connectivity index (χ3v) is 5.59. The third-order valence-electron chi connectivity index (χ3n) is 5.59. The molecule has 2 N–H and O–H groups in total. The van der Waals surface area contributed by atoms with Gasteiger partial charge in [0.25, 0.3) is 0 Å². The summed E-state index contributed by atoms with van der Waals surface area (Å²) in [5.74, 6) is -1.65. The first-order valence-corrected chi connectivity index (χ1v) is 10.9. The van der Waals surface area contributed by atoms with Crippen LogP contribution in [0.4, 0.5) is 0 Å². The number of hydrogen-bond donors (Lipinski definition) is 2. The highest BCUT2D eigenvalue weighted by molar-refractivity contribution is 5.87. The fourth-order valence-electron chi connectivity index (χ4n) is 3.80. The Balaban J connectivity index is 2.16. The molecule has 1 aliphatic heterocycles. The molecular formula is C23H34N2O5. The van der Waals surface area contributed by atoms with E-state index in [1.54, 1.807) is 6.92 Å². The highest BCUT2D eigenvalue weighted by Crippen LogP contribution is 2.17. The topological polar surface area (TPSA) is 95.9 Å². The molecule has 1 aromatic rings. The number of amides is 1. The van der Waals surface area contributed by atoms with Crippen LogP contribution >= 0.6 is 0 Å². The SMILES string of the molecule is CCOC(=O)C(CCc1ccccc1)NC1CCCCCCN(C(C)C(=O)O)C1=O. The Labute approximate surface area is 178 Å². The highest BCUT2D eigenvalue weighted by Gasteiger charge is 2.34. The minimum absolute atomic E-state index is 0.249. The van der Waals surface area contributed by atoms with E-state index in [1.165, 1.54) is 11.8 Å². The van der Waals surface area contributed by atoms with Crippen molar-refractivity contribution in [3.8, 4) is 0 Å². The molecule has 3 atom stereocenters. The predicted octanol–water partition coefficient (Wildman–Crippen LogP) is 2.77. The summed E-state index contributed by atoms with van der Waals surface area (Å²) in [6.07, 6.45) is 5.32. The Morgan fingerprint density at radius 3 is 2.57 bits per heavy atom. The van der Waals surface area contributed by atoms with Gasteiger partial charge in [0.05, 0.1) is 12.6 Å². The molecule has 1 saturated heterocycles. The number of benzene rings is 1. The van der Waals surface area contributed by atoms with Gasteiger partial charge in [0.15, 0.2) is 0 Å². The number of aliphatic carboxylic acids is 1. The van der Waals surface area contributed by atoms with Gasteiger partial charge in [0.1, 0.15) is 12.1 Å². The van der Waals surface area contributed by atoms with Crippen LogP contribution < -0.4 is 5.32 Å². The molecule has 1 aromatic carbocycles. The van der Waals surface area contributed by atoms with Gasteiger partial charge in [-0.2, -0.15) is 0 Å². The summed E-state index contributed by atoms with van der Waals surface area (Å²) in [5, 5.41) is 12.7. The van der Waals surface area contributed by atoms with Gasteiger partial charge in [-0.05, 0) is 45.1 Å². The molecule has 0 saturated carbocycles. The van der Waals surface area contributed by atoms with E-state index in [1.807, 2.05) is 30.3 Å². The maximum absolute atomic E-state index is 13.2. The third kappa shape index (κ3) is 7.13. The molecule has 166 valence electrons. The lowest BCUT2D eigenvalue weighted by atomic mass is 10.0. The van der Waals surface area contributed by atoms with Gasteiger partial charge in [0, 0.05) is 6.54 Å². The van der Waals surface area contributed by atoms with Crippen molar-refractivity contribution in [3.63, 3.8) is 0 Å². The van der Waals surface area contributed by atoms with Crippen molar-refractivity contribution in [1.82, 2.24) is 10.2 Å². The second-order valence-corrected chi connectivity index (χ2v) is 7.80. The van der Waals surface area contributed by atoms with Gasteiger partial charge in [0.2, 0.25) is 5.91 Å². The molecule has 2 rings (SSSR count). The standard InChI is InChI=1S/C23H34N2O5/c1-3-30-23(29)20(15-14-18-11-7-6-8-12-18)24-19-13-9-4-5-10-16-25(21(19)26)17(2)22(27)28/h6-8,11-12,17,19-20,24H,3-5,9-10,13-16H2,1-2H3,(H,27,28). The second kappa shape index (κ2) is 12.3. The number of nitrogens with zero attached hydrogens (tertiary/aromatic N) is 1. The van der Waals surface area contributed by atoms with Gasteiger partial charge in [-0.25, -0.2) is 4.79 Å². The second-order valence-electron chi connectivity index (χ2n) is 7.80. The molecule has 1 amide bonds. The average Bonchev–Trinajstić information content (AvgIpc) is 2.82. The van der Waals surface area contributed by atoms with Crippen LogP contribution in [0, 0.1) is 0 Å². The molecule has 1 fully saturated rings. The van der Waals surface area contributed by atoms with Crippen LogP contribution in [0.2, 0.25) is 0 Å².